The molecule has 2 aromatic carbocycles. The van der Waals surface area contributed by atoms with Gasteiger partial charge in [0.2, 0.25) is 0 Å². The van der Waals surface area contributed by atoms with Crippen LogP contribution in [0.1, 0.15) is 27.9 Å². The third kappa shape index (κ3) is 4.92. The smallest absolute Gasteiger partial charge is 0.274 e. The average molecular weight is 397 g/mol. The van der Waals surface area contributed by atoms with Gasteiger partial charge in [0, 0.05) is 6.07 Å². The van der Waals surface area contributed by atoms with Crippen LogP contribution < -0.4 is 15.4 Å². The molecule has 0 spiro atoms. The molecule has 1 heterocycles. The lowest BCUT2D eigenvalue weighted by molar-refractivity contribution is 0.101. The van der Waals surface area contributed by atoms with Gasteiger partial charge in [-0.25, -0.2) is 13.8 Å². The third-order valence-corrected chi connectivity index (χ3v) is 3.83. The molecule has 3 aromatic rings. The van der Waals surface area contributed by atoms with Crippen LogP contribution in [-0.2, 0) is 0 Å². The molecule has 8 heteroatoms. The first-order valence-electron chi connectivity index (χ1n) is 8.74. The topological polar surface area (TPSA) is 80.3 Å². The van der Waals surface area contributed by atoms with Gasteiger partial charge in [-0.05, 0) is 43.3 Å². The maximum Gasteiger partial charge on any atom is 0.274 e. The second-order valence-electron chi connectivity index (χ2n) is 5.87. The van der Waals surface area contributed by atoms with E-state index in [1.165, 1.54) is 18.2 Å². The molecule has 0 aliphatic rings. The van der Waals surface area contributed by atoms with Crippen molar-refractivity contribution in [1.29, 1.82) is 0 Å². The number of pyridine rings is 1. The fraction of sp³-hybridized carbons (Fsp3) is 0.0952. The number of hydrogen-bond acceptors (Lipinski definition) is 4. The van der Waals surface area contributed by atoms with Crippen molar-refractivity contribution in [2.24, 2.45) is 0 Å². The first-order chi connectivity index (χ1) is 14.0. The number of ether oxygens (including phenoxy) is 1. The van der Waals surface area contributed by atoms with E-state index in [-0.39, 0.29) is 17.1 Å². The summed E-state index contributed by atoms with van der Waals surface area (Å²) in [5.74, 6) is -2.45. The molecule has 0 atom stereocenters. The normalized spacial score (nSPS) is 10.3. The van der Waals surface area contributed by atoms with Crippen LogP contribution in [-0.4, -0.2) is 23.4 Å². The van der Waals surface area contributed by atoms with Crippen LogP contribution in [0.4, 0.5) is 20.2 Å². The standard InChI is InChI=1S/C21H17F2N3O3/c1-2-29-19-9-4-3-6-16(19)26-21(28)18-8-5-7-17(24-18)20(27)25-15-11-10-13(22)12-14(15)23/h3-12H,2H2,1H3,(H,25,27)(H,26,28). The minimum absolute atomic E-state index is 0.0106. The molecule has 1 aromatic heterocycles. The number of carbonyl (C=O) groups excluding carboxylic acids is 2. The van der Waals surface area contributed by atoms with Gasteiger partial charge in [-0.3, -0.25) is 9.59 Å². The number of nitrogens with one attached hydrogen (secondary N) is 2. The summed E-state index contributed by atoms with van der Waals surface area (Å²) in [6, 6.07) is 14.0. The van der Waals surface area contributed by atoms with Crippen molar-refractivity contribution in [3.05, 3.63) is 83.7 Å². The van der Waals surface area contributed by atoms with Crippen molar-refractivity contribution in [3.63, 3.8) is 0 Å². The minimum atomic E-state index is -0.917. The zero-order valence-corrected chi connectivity index (χ0v) is 15.4. The molecule has 148 valence electrons. The summed E-state index contributed by atoms with van der Waals surface area (Å²) >= 11 is 0. The average Bonchev–Trinajstić information content (AvgIpc) is 2.71. The van der Waals surface area contributed by atoms with Crippen molar-refractivity contribution in [3.8, 4) is 5.75 Å². The second-order valence-corrected chi connectivity index (χ2v) is 5.87. The van der Waals surface area contributed by atoms with E-state index < -0.39 is 23.4 Å². The Morgan fingerprint density at radius 2 is 1.55 bits per heavy atom. The fourth-order valence-electron chi connectivity index (χ4n) is 2.50. The molecule has 0 aliphatic carbocycles. The third-order valence-electron chi connectivity index (χ3n) is 3.83. The van der Waals surface area contributed by atoms with Crippen molar-refractivity contribution >= 4 is 23.2 Å². The van der Waals surface area contributed by atoms with Crippen LogP contribution >= 0.6 is 0 Å². The van der Waals surface area contributed by atoms with Gasteiger partial charge in [0.1, 0.15) is 28.8 Å². The highest BCUT2D eigenvalue weighted by Crippen LogP contribution is 2.24. The van der Waals surface area contributed by atoms with E-state index in [9.17, 15) is 18.4 Å². The Morgan fingerprint density at radius 1 is 0.897 bits per heavy atom. The van der Waals surface area contributed by atoms with E-state index in [0.29, 0.717) is 24.1 Å². The summed E-state index contributed by atoms with van der Waals surface area (Å²) in [5.41, 5.74) is 0.158. The number of benzene rings is 2. The number of hydrogen-bond donors (Lipinski definition) is 2. The Labute approximate surface area is 165 Å². The summed E-state index contributed by atoms with van der Waals surface area (Å²) in [5, 5.41) is 4.98. The molecule has 0 unspecified atom stereocenters. The van der Waals surface area contributed by atoms with Gasteiger partial charge in [-0.15, -0.1) is 0 Å². The summed E-state index contributed by atoms with van der Waals surface area (Å²) in [6.07, 6.45) is 0. The van der Waals surface area contributed by atoms with E-state index >= 15 is 0 Å². The van der Waals surface area contributed by atoms with Gasteiger partial charge in [-0.1, -0.05) is 18.2 Å². The maximum absolute atomic E-state index is 13.7. The van der Waals surface area contributed by atoms with Gasteiger partial charge >= 0.3 is 0 Å². The quantitative estimate of drug-likeness (QED) is 0.651. The molecule has 2 amide bonds. The number of halogens is 2. The SMILES string of the molecule is CCOc1ccccc1NC(=O)c1cccc(C(=O)Nc2ccc(F)cc2F)n1. The van der Waals surface area contributed by atoms with Crippen LogP contribution in [0.15, 0.2) is 60.7 Å². The second kappa shape index (κ2) is 8.92. The molecule has 29 heavy (non-hydrogen) atoms. The lowest BCUT2D eigenvalue weighted by Crippen LogP contribution is -2.19. The van der Waals surface area contributed by atoms with Crippen LogP contribution in [0.25, 0.3) is 0 Å². The molecule has 3 rings (SSSR count). The van der Waals surface area contributed by atoms with E-state index in [4.69, 9.17) is 4.74 Å². The van der Waals surface area contributed by atoms with Gasteiger partial charge in [0.05, 0.1) is 18.0 Å². The summed E-state index contributed by atoms with van der Waals surface area (Å²) < 4.78 is 32.2. The maximum atomic E-state index is 13.7. The Balaban J connectivity index is 1.76. The predicted molar refractivity (Wildman–Crippen MR) is 104 cm³/mol. The van der Waals surface area contributed by atoms with Crippen molar-refractivity contribution in [2.75, 3.05) is 17.2 Å². The van der Waals surface area contributed by atoms with Crippen LogP contribution in [0, 0.1) is 11.6 Å². The summed E-state index contributed by atoms with van der Waals surface area (Å²) in [4.78, 5) is 28.9. The van der Waals surface area contributed by atoms with Crippen LogP contribution in [0.2, 0.25) is 0 Å². The van der Waals surface area contributed by atoms with Gasteiger partial charge < -0.3 is 15.4 Å². The first kappa shape index (κ1) is 19.9. The highest BCUT2D eigenvalue weighted by Gasteiger charge is 2.15. The van der Waals surface area contributed by atoms with Crippen LogP contribution in [0.5, 0.6) is 5.75 Å². The van der Waals surface area contributed by atoms with Crippen molar-refractivity contribution in [2.45, 2.75) is 6.92 Å². The lowest BCUT2D eigenvalue weighted by atomic mass is 10.2. The number of carbonyl (C=O) groups is 2. The van der Waals surface area contributed by atoms with Gasteiger partial charge in [0.25, 0.3) is 11.8 Å². The molecular weight excluding hydrogens is 380 g/mol. The molecule has 6 nitrogen and oxygen atoms in total. The summed E-state index contributed by atoms with van der Waals surface area (Å²) in [7, 11) is 0. The molecule has 0 aliphatic heterocycles. The molecule has 0 radical (unpaired) electrons. The molecule has 0 fully saturated rings. The largest absolute Gasteiger partial charge is 0.492 e. The number of para-hydroxylation sites is 2. The molecule has 0 saturated heterocycles. The lowest BCUT2D eigenvalue weighted by Gasteiger charge is -2.11. The Bertz CT molecular complexity index is 1060. The molecular formula is C21H17F2N3O3. The number of anilines is 2. The Hall–Kier alpha value is -3.81. The monoisotopic (exact) mass is 397 g/mol. The van der Waals surface area contributed by atoms with Gasteiger partial charge in [0.15, 0.2) is 0 Å². The summed E-state index contributed by atoms with van der Waals surface area (Å²) in [6.45, 7) is 2.26. The van der Waals surface area contributed by atoms with Crippen molar-refractivity contribution < 1.29 is 23.1 Å². The van der Waals surface area contributed by atoms with E-state index in [1.807, 2.05) is 6.92 Å². The van der Waals surface area contributed by atoms with E-state index in [0.717, 1.165) is 12.1 Å². The van der Waals surface area contributed by atoms with Crippen molar-refractivity contribution in [1.82, 2.24) is 4.98 Å². The number of aromatic nitrogens is 1. The highest BCUT2D eigenvalue weighted by atomic mass is 19.1. The minimum Gasteiger partial charge on any atom is -0.492 e. The number of nitrogens with zero attached hydrogens (tertiary/aromatic N) is 1. The highest BCUT2D eigenvalue weighted by molar-refractivity contribution is 6.06. The van der Waals surface area contributed by atoms with Gasteiger partial charge in [-0.2, -0.15) is 0 Å². The van der Waals surface area contributed by atoms with E-state index in [2.05, 4.69) is 15.6 Å². The zero-order valence-electron chi connectivity index (χ0n) is 15.4. The van der Waals surface area contributed by atoms with Crippen LogP contribution in [0.3, 0.4) is 0 Å². The molecule has 0 saturated carbocycles. The number of rotatable bonds is 6. The molecule has 2 N–H and O–H groups in total. The van der Waals surface area contributed by atoms with E-state index in [1.54, 1.807) is 24.3 Å². The number of amides is 2. The fourth-order valence-corrected chi connectivity index (χ4v) is 2.50. The molecule has 0 bridgehead atoms. The predicted octanol–water partition coefficient (Wildman–Crippen LogP) is 4.26. The Morgan fingerprint density at radius 3 is 2.21 bits per heavy atom. The zero-order chi connectivity index (χ0) is 20.8. The Kier molecular flexibility index (Phi) is 6.13. The first-order valence-corrected chi connectivity index (χ1v) is 8.74.